The first kappa shape index (κ1) is 30.9. The quantitative estimate of drug-likeness (QED) is 0.194. The van der Waals surface area contributed by atoms with Gasteiger partial charge in [0.05, 0.1) is 25.4 Å². The number of benzene rings is 3. The molecule has 0 aliphatic rings. The van der Waals surface area contributed by atoms with Crippen LogP contribution >= 0.6 is 0 Å². The molecule has 0 spiro atoms. The van der Waals surface area contributed by atoms with Crippen LogP contribution in [-0.2, 0) is 39.4 Å². The smallest absolute Gasteiger partial charge is 0.337 e. The van der Waals surface area contributed by atoms with E-state index in [0.29, 0.717) is 18.6 Å². The van der Waals surface area contributed by atoms with E-state index in [1.807, 2.05) is 54.6 Å². The van der Waals surface area contributed by atoms with Gasteiger partial charge in [-0.1, -0.05) is 54.6 Å². The zero-order chi connectivity index (χ0) is 29.0. The predicted octanol–water partition coefficient (Wildman–Crippen LogP) is 5.67. The molecule has 3 aromatic carbocycles. The fourth-order valence-corrected chi connectivity index (χ4v) is 4.40. The summed E-state index contributed by atoms with van der Waals surface area (Å²) >= 11 is 0. The first-order chi connectivity index (χ1) is 19.2. The van der Waals surface area contributed by atoms with Crippen molar-refractivity contribution in [2.45, 2.75) is 58.3 Å². The Morgan fingerprint density at radius 1 is 0.825 bits per heavy atom. The third-order valence-corrected chi connectivity index (χ3v) is 6.84. The summed E-state index contributed by atoms with van der Waals surface area (Å²) in [5.41, 5.74) is 3.77. The van der Waals surface area contributed by atoms with Crippen LogP contribution in [0.25, 0.3) is 0 Å². The van der Waals surface area contributed by atoms with Crippen molar-refractivity contribution >= 4 is 11.9 Å². The van der Waals surface area contributed by atoms with E-state index in [1.54, 1.807) is 26.0 Å². The Bertz CT molecular complexity index is 1210. The number of carbonyl (C=O) groups is 2. The second kappa shape index (κ2) is 15.2. The molecule has 3 rings (SSSR count). The van der Waals surface area contributed by atoms with Crippen LogP contribution in [0.5, 0.6) is 5.75 Å². The highest BCUT2D eigenvalue weighted by Crippen LogP contribution is 2.23. The van der Waals surface area contributed by atoms with Gasteiger partial charge in [0.1, 0.15) is 12.4 Å². The van der Waals surface area contributed by atoms with Crippen LogP contribution < -0.4 is 4.74 Å². The van der Waals surface area contributed by atoms with Gasteiger partial charge in [0.25, 0.3) is 0 Å². The fraction of sp³-hybridized carbons (Fsp3) is 0.394. The molecule has 0 bridgehead atoms. The number of nitrogens with zero attached hydrogens (tertiary/aromatic N) is 1. The van der Waals surface area contributed by atoms with Crippen molar-refractivity contribution in [1.82, 2.24) is 4.90 Å². The molecule has 0 heterocycles. The topological polar surface area (TPSA) is 85.3 Å². The third kappa shape index (κ3) is 9.81. The van der Waals surface area contributed by atoms with E-state index in [9.17, 15) is 14.7 Å². The monoisotopic (exact) mass is 547 g/mol. The summed E-state index contributed by atoms with van der Waals surface area (Å²) in [6, 6.07) is 23.4. The molecule has 0 amide bonds. The number of hydrogen-bond acceptors (Lipinski definition) is 7. The van der Waals surface area contributed by atoms with Gasteiger partial charge >= 0.3 is 11.9 Å². The number of esters is 2. The Hall–Kier alpha value is -3.68. The average Bonchev–Trinajstić information content (AvgIpc) is 2.96. The van der Waals surface area contributed by atoms with Gasteiger partial charge in [0.2, 0.25) is 0 Å². The van der Waals surface area contributed by atoms with Gasteiger partial charge in [-0.25, -0.2) is 4.79 Å². The van der Waals surface area contributed by atoms with Crippen molar-refractivity contribution in [3.63, 3.8) is 0 Å². The van der Waals surface area contributed by atoms with Crippen LogP contribution in [0.1, 0.15) is 65.7 Å². The highest BCUT2D eigenvalue weighted by molar-refractivity contribution is 5.89. The Balaban J connectivity index is 1.64. The van der Waals surface area contributed by atoms with Crippen molar-refractivity contribution in [3.8, 4) is 5.75 Å². The molecule has 0 saturated carbocycles. The van der Waals surface area contributed by atoms with E-state index < -0.39 is 5.60 Å². The minimum Gasteiger partial charge on any atom is -0.489 e. The number of rotatable bonds is 15. The van der Waals surface area contributed by atoms with Crippen LogP contribution in [0, 0.1) is 0 Å². The number of ether oxygens (including phenoxy) is 3. The van der Waals surface area contributed by atoms with Crippen LogP contribution in [0.4, 0.5) is 0 Å². The minimum atomic E-state index is -0.874. The van der Waals surface area contributed by atoms with Gasteiger partial charge in [-0.05, 0) is 80.1 Å². The lowest BCUT2D eigenvalue weighted by Crippen LogP contribution is -2.27. The van der Waals surface area contributed by atoms with Crippen LogP contribution in [0.3, 0.4) is 0 Å². The molecule has 0 unspecified atom stereocenters. The van der Waals surface area contributed by atoms with Gasteiger partial charge in [-0.3, -0.25) is 9.69 Å². The zero-order valence-electron chi connectivity index (χ0n) is 24.0. The third-order valence-electron chi connectivity index (χ3n) is 6.84. The van der Waals surface area contributed by atoms with E-state index in [1.165, 1.54) is 14.2 Å². The molecule has 0 atom stereocenters. The van der Waals surface area contributed by atoms with Gasteiger partial charge in [-0.2, -0.15) is 0 Å². The highest BCUT2D eigenvalue weighted by Gasteiger charge is 2.15. The second-order valence-electron chi connectivity index (χ2n) is 10.4. The Labute approximate surface area is 237 Å². The molecule has 7 nitrogen and oxygen atoms in total. The normalized spacial score (nSPS) is 11.3. The van der Waals surface area contributed by atoms with Crippen molar-refractivity contribution in [3.05, 3.63) is 101 Å². The van der Waals surface area contributed by atoms with Crippen molar-refractivity contribution < 1.29 is 28.9 Å². The van der Waals surface area contributed by atoms with E-state index >= 15 is 0 Å². The molecule has 1 N–H and O–H groups in total. The maximum Gasteiger partial charge on any atom is 0.337 e. The summed E-state index contributed by atoms with van der Waals surface area (Å²) in [5, 5.41) is 10.2. The number of carbonyl (C=O) groups excluding carboxylic acids is 2. The SMILES string of the molecule is COC(=O)CCCCN(CCc1ccccc1OCc1ccc(C(C)(C)O)cc1)Cc1ccc(C(=O)OC)cc1. The molecule has 214 valence electrons. The summed E-state index contributed by atoms with van der Waals surface area (Å²) in [7, 11) is 2.79. The van der Waals surface area contributed by atoms with Gasteiger partial charge in [-0.15, -0.1) is 0 Å². The molecular weight excluding hydrogens is 506 g/mol. The summed E-state index contributed by atoms with van der Waals surface area (Å²) in [4.78, 5) is 25.7. The second-order valence-corrected chi connectivity index (χ2v) is 10.4. The van der Waals surface area contributed by atoms with Gasteiger partial charge in [0, 0.05) is 19.5 Å². The molecule has 3 aromatic rings. The lowest BCUT2D eigenvalue weighted by atomic mass is 9.97. The fourth-order valence-electron chi connectivity index (χ4n) is 4.40. The van der Waals surface area contributed by atoms with Crippen molar-refractivity contribution in [1.29, 1.82) is 0 Å². The minimum absolute atomic E-state index is 0.189. The number of methoxy groups -OCH3 is 2. The molecule has 0 aliphatic carbocycles. The first-order valence-electron chi connectivity index (χ1n) is 13.7. The average molecular weight is 548 g/mol. The number of para-hydroxylation sites is 1. The number of unbranched alkanes of at least 4 members (excludes halogenated alkanes) is 1. The van der Waals surface area contributed by atoms with Crippen LogP contribution in [0.2, 0.25) is 0 Å². The number of hydrogen-bond donors (Lipinski definition) is 1. The van der Waals surface area contributed by atoms with E-state index in [2.05, 4.69) is 11.0 Å². The molecule has 0 aliphatic heterocycles. The molecule has 40 heavy (non-hydrogen) atoms. The summed E-state index contributed by atoms with van der Waals surface area (Å²) in [6.45, 7) is 6.33. The molecule has 0 radical (unpaired) electrons. The van der Waals surface area contributed by atoms with E-state index in [0.717, 1.165) is 66.9 Å². The number of aliphatic hydroxyl groups is 1. The standard InChI is InChI=1S/C33H41NO6/c1-33(2,37)29-18-14-26(15-19-29)24-40-30-10-6-5-9-27(30)20-22-34(21-8-7-11-31(35)38-3)23-25-12-16-28(17-13-25)32(36)39-4/h5-6,9-10,12-19,37H,7-8,11,20-24H2,1-4H3. The summed E-state index contributed by atoms with van der Waals surface area (Å²) in [5.74, 6) is 0.309. The van der Waals surface area contributed by atoms with Gasteiger partial charge < -0.3 is 19.3 Å². The Morgan fingerprint density at radius 3 is 2.15 bits per heavy atom. The Morgan fingerprint density at radius 2 is 1.50 bits per heavy atom. The van der Waals surface area contributed by atoms with Gasteiger partial charge in [0.15, 0.2) is 0 Å². The first-order valence-corrected chi connectivity index (χ1v) is 13.7. The predicted molar refractivity (Wildman–Crippen MR) is 155 cm³/mol. The van der Waals surface area contributed by atoms with E-state index in [4.69, 9.17) is 14.2 Å². The van der Waals surface area contributed by atoms with Crippen LogP contribution in [-0.4, -0.2) is 49.3 Å². The lowest BCUT2D eigenvalue weighted by Gasteiger charge is -2.23. The zero-order valence-corrected chi connectivity index (χ0v) is 24.0. The molecule has 7 heteroatoms. The van der Waals surface area contributed by atoms with Crippen molar-refractivity contribution in [2.75, 3.05) is 27.3 Å². The lowest BCUT2D eigenvalue weighted by molar-refractivity contribution is -0.140. The molecule has 0 saturated heterocycles. The van der Waals surface area contributed by atoms with Crippen molar-refractivity contribution in [2.24, 2.45) is 0 Å². The van der Waals surface area contributed by atoms with Crippen LogP contribution in [0.15, 0.2) is 72.8 Å². The Kier molecular flexibility index (Phi) is 11.7. The maximum atomic E-state index is 11.8. The largest absolute Gasteiger partial charge is 0.489 e. The van der Waals surface area contributed by atoms with E-state index in [-0.39, 0.29) is 11.9 Å². The molecule has 0 aromatic heterocycles. The highest BCUT2D eigenvalue weighted by atomic mass is 16.5. The molecule has 0 fully saturated rings. The maximum absolute atomic E-state index is 11.8. The summed E-state index contributed by atoms with van der Waals surface area (Å²) in [6.07, 6.45) is 2.83. The molecular formula is C33H41NO6. The summed E-state index contributed by atoms with van der Waals surface area (Å²) < 4.78 is 15.8.